The van der Waals surface area contributed by atoms with E-state index in [1.54, 1.807) is 6.08 Å². The number of aliphatic hydroxyl groups excluding tert-OH is 1. The molecule has 0 bridgehead atoms. The average molecular weight is 138 g/mol. The maximum absolute atomic E-state index is 11.0. The van der Waals surface area contributed by atoms with Crippen molar-refractivity contribution in [2.75, 3.05) is 0 Å². The minimum Gasteiger partial charge on any atom is -0.389 e. The molecule has 2 aliphatic carbocycles. The molecule has 10 heavy (non-hydrogen) atoms. The van der Waals surface area contributed by atoms with Crippen LogP contribution in [0.4, 0.5) is 0 Å². The van der Waals surface area contributed by atoms with Crippen LogP contribution in [0.25, 0.3) is 0 Å². The molecule has 1 N–H and O–H groups in total. The van der Waals surface area contributed by atoms with Gasteiger partial charge in [0.05, 0.1) is 6.10 Å². The lowest BCUT2D eigenvalue weighted by atomic mass is 10.1. The first-order valence-corrected chi connectivity index (χ1v) is 3.70. The third-order valence-corrected chi connectivity index (χ3v) is 2.38. The van der Waals surface area contributed by atoms with Gasteiger partial charge in [-0.25, -0.2) is 0 Å². The average Bonchev–Trinajstić information content (AvgIpc) is 2.35. The molecule has 0 heterocycles. The molecule has 2 atom stereocenters. The van der Waals surface area contributed by atoms with Crippen LogP contribution in [0.1, 0.15) is 19.3 Å². The zero-order valence-electron chi connectivity index (χ0n) is 5.71. The predicted molar refractivity (Wildman–Crippen MR) is 36.4 cm³/mol. The molecule has 0 unspecified atom stereocenters. The molecule has 0 radical (unpaired) electrons. The van der Waals surface area contributed by atoms with Gasteiger partial charge in [-0.2, -0.15) is 0 Å². The molecule has 0 aromatic carbocycles. The van der Waals surface area contributed by atoms with Crippen LogP contribution in [0, 0.1) is 5.92 Å². The molecule has 0 spiro atoms. The first kappa shape index (κ1) is 6.10. The summed E-state index contributed by atoms with van der Waals surface area (Å²) in [5, 5.41) is 9.12. The Morgan fingerprint density at radius 1 is 1.60 bits per heavy atom. The fourth-order valence-electron chi connectivity index (χ4n) is 1.87. The summed E-state index contributed by atoms with van der Waals surface area (Å²) in [5.41, 5.74) is 0.896. The lowest BCUT2D eigenvalue weighted by molar-refractivity contribution is -0.114. The van der Waals surface area contributed by atoms with Crippen molar-refractivity contribution in [3.8, 4) is 0 Å². The molecule has 0 aliphatic heterocycles. The van der Waals surface area contributed by atoms with E-state index in [-0.39, 0.29) is 11.9 Å². The van der Waals surface area contributed by atoms with Gasteiger partial charge in [0, 0.05) is 6.42 Å². The van der Waals surface area contributed by atoms with Gasteiger partial charge in [0.1, 0.15) is 0 Å². The Kier molecular flexibility index (Phi) is 1.17. The Balaban J connectivity index is 2.29. The van der Waals surface area contributed by atoms with Crippen molar-refractivity contribution >= 4 is 5.78 Å². The van der Waals surface area contributed by atoms with Gasteiger partial charge in [-0.05, 0) is 30.4 Å². The highest BCUT2D eigenvalue weighted by atomic mass is 16.3. The van der Waals surface area contributed by atoms with Gasteiger partial charge >= 0.3 is 0 Å². The van der Waals surface area contributed by atoms with Crippen molar-refractivity contribution in [1.29, 1.82) is 0 Å². The van der Waals surface area contributed by atoms with Gasteiger partial charge in [-0.15, -0.1) is 0 Å². The molecule has 0 amide bonds. The fourth-order valence-corrected chi connectivity index (χ4v) is 1.87. The molecule has 2 heteroatoms. The van der Waals surface area contributed by atoms with E-state index in [0.717, 1.165) is 18.4 Å². The third-order valence-electron chi connectivity index (χ3n) is 2.38. The van der Waals surface area contributed by atoms with E-state index in [1.807, 2.05) is 0 Å². The van der Waals surface area contributed by atoms with Gasteiger partial charge in [0.25, 0.3) is 0 Å². The zero-order chi connectivity index (χ0) is 7.14. The summed E-state index contributed by atoms with van der Waals surface area (Å²) in [6, 6.07) is 0. The molecule has 2 nitrogen and oxygen atoms in total. The number of hydrogen-bond acceptors (Lipinski definition) is 2. The molecule has 2 aliphatic rings. The number of allylic oxidation sites excluding steroid dienone is 1. The van der Waals surface area contributed by atoms with E-state index in [0.29, 0.717) is 12.3 Å². The highest BCUT2D eigenvalue weighted by Crippen LogP contribution is 2.36. The molecule has 0 saturated heterocycles. The van der Waals surface area contributed by atoms with Crippen molar-refractivity contribution in [3.63, 3.8) is 0 Å². The first-order chi connectivity index (χ1) is 4.77. The number of carbonyl (C=O) groups excluding carboxylic acids is 1. The van der Waals surface area contributed by atoms with Crippen molar-refractivity contribution < 1.29 is 9.90 Å². The quantitative estimate of drug-likeness (QED) is 0.533. The van der Waals surface area contributed by atoms with E-state index in [9.17, 15) is 4.79 Å². The van der Waals surface area contributed by atoms with Gasteiger partial charge in [-0.1, -0.05) is 0 Å². The van der Waals surface area contributed by atoms with E-state index in [1.165, 1.54) is 0 Å². The summed E-state index contributed by atoms with van der Waals surface area (Å²) < 4.78 is 0. The first-order valence-electron chi connectivity index (χ1n) is 3.70. The predicted octanol–water partition coefficient (Wildman–Crippen LogP) is 0.657. The summed E-state index contributed by atoms with van der Waals surface area (Å²) >= 11 is 0. The molecular formula is C8H10O2. The van der Waals surface area contributed by atoms with Crippen LogP contribution in [-0.2, 0) is 4.79 Å². The van der Waals surface area contributed by atoms with Crippen LogP contribution in [0.5, 0.6) is 0 Å². The van der Waals surface area contributed by atoms with Crippen LogP contribution in [-0.4, -0.2) is 17.0 Å². The maximum atomic E-state index is 11.0. The standard InChI is InChI=1S/C8H10O2/c9-6-3-5-1-2-8(10)7(5)4-6/h4-6,9H,1-3H2/t5-,6+/m0/s1. The van der Waals surface area contributed by atoms with Crippen LogP contribution in [0.3, 0.4) is 0 Å². The number of hydrogen-bond donors (Lipinski definition) is 1. The zero-order valence-corrected chi connectivity index (χ0v) is 5.71. The minimum atomic E-state index is -0.343. The monoisotopic (exact) mass is 138 g/mol. The van der Waals surface area contributed by atoms with Crippen LogP contribution in [0.2, 0.25) is 0 Å². The lowest BCUT2D eigenvalue weighted by Gasteiger charge is -2.01. The lowest BCUT2D eigenvalue weighted by Crippen LogP contribution is -1.99. The third kappa shape index (κ3) is 0.721. The number of carbonyl (C=O) groups is 1. The molecule has 0 aromatic rings. The fraction of sp³-hybridized carbons (Fsp3) is 0.625. The molecular weight excluding hydrogens is 128 g/mol. The number of ketones is 1. The minimum absolute atomic E-state index is 0.251. The van der Waals surface area contributed by atoms with Crippen molar-refractivity contribution in [2.24, 2.45) is 5.92 Å². The largest absolute Gasteiger partial charge is 0.389 e. The van der Waals surface area contributed by atoms with Crippen LogP contribution in [0.15, 0.2) is 11.6 Å². The van der Waals surface area contributed by atoms with Gasteiger partial charge in [0.15, 0.2) is 5.78 Å². The molecule has 2 rings (SSSR count). The second-order valence-electron chi connectivity index (χ2n) is 3.08. The van der Waals surface area contributed by atoms with Gasteiger partial charge in [0.2, 0.25) is 0 Å². The Morgan fingerprint density at radius 3 is 3.10 bits per heavy atom. The molecule has 0 aromatic heterocycles. The van der Waals surface area contributed by atoms with Crippen molar-refractivity contribution in [3.05, 3.63) is 11.6 Å². The number of rotatable bonds is 0. The summed E-state index contributed by atoms with van der Waals surface area (Å²) in [6.45, 7) is 0. The summed E-state index contributed by atoms with van der Waals surface area (Å²) in [6.07, 6.45) is 3.82. The molecule has 54 valence electrons. The maximum Gasteiger partial charge on any atom is 0.158 e. The van der Waals surface area contributed by atoms with Crippen molar-refractivity contribution in [2.45, 2.75) is 25.4 Å². The topological polar surface area (TPSA) is 37.3 Å². The molecule has 1 saturated carbocycles. The highest BCUT2D eigenvalue weighted by molar-refractivity contribution is 5.98. The highest BCUT2D eigenvalue weighted by Gasteiger charge is 2.34. The van der Waals surface area contributed by atoms with E-state index in [2.05, 4.69) is 0 Å². The van der Waals surface area contributed by atoms with E-state index >= 15 is 0 Å². The Bertz CT molecular complexity index is 205. The summed E-state index contributed by atoms with van der Waals surface area (Å²) in [4.78, 5) is 11.0. The Labute approximate surface area is 59.5 Å². The van der Waals surface area contributed by atoms with Crippen LogP contribution >= 0.6 is 0 Å². The normalized spacial score (nSPS) is 38.1. The summed E-state index contributed by atoms with van der Waals surface area (Å²) in [5.74, 6) is 0.643. The SMILES string of the molecule is O=C1CC[C@H]2C[C@@H](O)C=C12. The number of Topliss-reactive ketones (excluding diaryl/α,β-unsaturated/α-hetero) is 1. The number of fused-ring (bicyclic) bond motifs is 1. The van der Waals surface area contributed by atoms with E-state index < -0.39 is 0 Å². The Hall–Kier alpha value is -0.630. The molecule has 1 fully saturated rings. The second-order valence-corrected chi connectivity index (χ2v) is 3.08. The van der Waals surface area contributed by atoms with Crippen molar-refractivity contribution in [1.82, 2.24) is 0 Å². The summed E-state index contributed by atoms with van der Waals surface area (Å²) in [7, 11) is 0. The Morgan fingerprint density at radius 2 is 2.40 bits per heavy atom. The van der Waals surface area contributed by atoms with Gasteiger partial charge in [-0.3, -0.25) is 4.79 Å². The van der Waals surface area contributed by atoms with E-state index in [4.69, 9.17) is 5.11 Å². The second kappa shape index (κ2) is 1.92. The van der Waals surface area contributed by atoms with Gasteiger partial charge < -0.3 is 5.11 Å². The van der Waals surface area contributed by atoms with Crippen LogP contribution < -0.4 is 0 Å². The smallest absolute Gasteiger partial charge is 0.158 e. The number of aliphatic hydroxyl groups is 1.